The highest BCUT2D eigenvalue weighted by molar-refractivity contribution is 5.21. The zero-order valence-corrected chi connectivity index (χ0v) is 33.0. The van der Waals surface area contributed by atoms with Crippen molar-refractivity contribution in [1.82, 2.24) is 0 Å². The lowest BCUT2D eigenvalue weighted by Gasteiger charge is -2.10. The van der Waals surface area contributed by atoms with Gasteiger partial charge in [0.05, 0.1) is 0 Å². The van der Waals surface area contributed by atoms with Crippen molar-refractivity contribution in [3.8, 4) is 0 Å². The molecule has 0 bridgehead atoms. The first-order valence-corrected chi connectivity index (χ1v) is 22.3. The van der Waals surface area contributed by atoms with Gasteiger partial charge in [0.2, 0.25) is 0 Å². The zero-order chi connectivity index (χ0) is 33.7. The van der Waals surface area contributed by atoms with Crippen LogP contribution >= 0.6 is 0 Å². The number of rotatable bonds is 38. The molecule has 1 nitrogen and oxygen atoms in total. The summed E-state index contributed by atoms with van der Waals surface area (Å²) in [6, 6.07) is 2.51. The van der Waals surface area contributed by atoms with E-state index in [1.165, 1.54) is 244 Å². The predicted octanol–water partition coefficient (Wildman–Crippen LogP) is 15.8. The molecule has 0 radical (unpaired) electrons. The van der Waals surface area contributed by atoms with E-state index < -0.39 is 0 Å². The molecule has 1 heterocycles. The van der Waals surface area contributed by atoms with Gasteiger partial charge in [0.25, 0.3) is 0 Å². The van der Waals surface area contributed by atoms with E-state index in [0.717, 1.165) is 0 Å². The number of hydrogen-bond acceptors (Lipinski definition) is 0. The largest absolute Gasteiger partial charge is 0.205 e. The van der Waals surface area contributed by atoms with Crippen LogP contribution in [0.4, 0.5) is 0 Å². The van der Waals surface area contributed by atoms with E-state index in [9.17, 15) is 0 Å². The Labute approximate surface area is 298 Å². The molecule has 1 rings (SSSR count). The lowest BCUT2D eigenvalue weighted by atomic mass is 9.97. The van der Waals surface area contributed by atoms with Crippen LogP contribution in [0.5, 0.6) is 0 Å². The number of hydrogen-bond donors (Lipinski definition) is 0. The van der Waals surface area contributed by atoms with Gasteiger partial charge in [-0.3, -0.25) is 0 Å². The summed E-state index contributed by atoms with van der Waals surface area (Å²) in [4.78, 5) is 0. The van der Waals surface area contributed by atoms with Crippen molar-refractivity contribution >= 4 is 0 Å². The van der Waals surface area contributed by atoms with E-state index in [2.05, 4.69) is 43.8 Å². The topological polar surface area (TPSA) is 3.88 Å². The summed E-state index contributed by atoms with van der Waals surface area (Å²) in [6.45, 7) is 8.15. The van der Waals surface area contributed by atoms with E-state index in [4.69, 9.17) is 0 Å². The molecule has 0 amide bonds. The Morgan fingerprint density at radius 3 is 0.936 bits per heavy atom. The SMILES string of the molecule is CCCCCCCCCCCCCCCc1cc[n+](CCCCCCCCCCC)cc1CCCCCCCCCCCCCCC. The maximum Gasteiger partial charge on any atom is 0.172 e. The summed E-state index contributed by atoms with van der Waals surface area (Å²) in [5.74, 6) is 0. The summed E-state index contributed by atoms with van der Waals surface area (Å²) in [7, 11) is 0. The zero-order valence-electron chi connectivity index (χ0n) is 33.0. The summed E-state index contributed by atoms with van der Waals surface area (Å²) >= 11 is 0. The van der Waals surface area contributed by atoms with Crippen LogP contribution in [0.15, 0.2) is 18.5 Å². The van der Waals surface area contributed by atoms with E-state index in [1.54, 1.807) is 11.1 Å². The number of aromatic nitrogens is 1. The maximum absolute atomic E-state index is 2.56. The number of unbranched alkanes of at least 4 members (excludes halogenated alkanes) is 32. The molecule has 1 heteroatoms. The van der Waals surface area contributed by atoms with Crippen molar-refractivity contribution in [2.75, 3.05) is 0 Å². The Morgan fingerprint density at radius 1 is 0.319 bits per heavy atom. The van der Waals surface area contributed by atoms with Crippen LogP contribution in [-0.4, -0.2) is 0 Å². The Balaban J connectivity index is 2.31. The fourth-order valence-corrected chi connectivity index (χ4v) is 7.50. The average molecular weight is 655 g/mol. The Hall–Kier alpha value is -0.850. The monoisotopic (exact) mass is 655 g/mol. The second kappa shape index (κ2) is 36.4. The normalized spacial score (nSPS) is 11.6. The Kier molecular flexibility index (Phi) is 34.2. The van der Waals surface area contributed by atoms with Gasteiger partial charge in [-0.1, -0.05) is 220 Å². The van der Waals surface area contributed by atoms with Gasteiger partial charge in [-0.15, -0.1) is 0 Å². The summed E-state index contributed by atoms with van der Waals surface area (Å²) in [5, 5.41) is 0. The number of pyridine rings is 1. The van der Waals surface area contributed by atoms with Crippen molar-refractivity contribution in [1.29, 1.82) is 0 Å². The van der Waals surface area contributed by atoms with Crippen LogP contribution in [0.3, 0.4) is 0 Å². The van der Waals surface area contributed by atoms with Gasteiger partial charge in [-0.2, -0.15) is 0 Å². The average Bonchev–Trinajstić information content (AvgIpc) is 3.08. The standard InChI is InChI=1S/C46H88N/c1-4-7-10-13-16-19-21-23-25-27-30-33-36-39-45-41-43-47(42-38-35-32-29-18-15-12-9-6-3)44-46(45)40-37-34-31-28-26-24-22-20-17-14-11-8-5-2/h41,43-44H,4-40,42H2,1-3H3/q+1. The lowest BCUT2D eigenvalue weighted by Crippen LogP contribution is -2.34. The smallest absolute Gasteiger partial charge is 0.172 e. The minimum atomic E-state index is 1.21. The molecule has 0 aliphatic carbocycles. The van der Waals surface area contributed by atoms with E-state index >= 15 is 0 Å². The summed E-state index contributed by atoms with van der Waals surface area (Å²) < 4.78 is 2.53. The summed E-state index contributed by atoms with van der Waals surface area (Å²) in [5.41, 5.74) is 3.33. The van der Waals surface area contributed by atoms with Crippen LogP contribution in [0, 0.1) is 0 Å². The van der Waals surface area contributed by atoms with Crippen molar-refractivity contribution < 1.29 is 4.57 Å². The molecule has 1 aromatic rings. The molecule has 0 atom stereocenters. The molecule has 47 heavy (non-hydrogen) atoms. The van der Waals surface area contributed by atoms with Crippen LogP contribution < -0.4 is 4.57 Å². The molecule has 0 N–H and O–H groups in total. The molecule has 0 unspecified atom stereocenters. The molecule has 0 saturated carbocycles. The van der Waals surface area contributed by atoms with Gasteiger partial charge < -0.3 is 0 Å². The number of nitrogens with zero attached hydrogens (tertiary/aromatic N) is 1. The Morgan fingerprint density at radius 2 is 0.596 bits per heavy atom. The quantitative estimate of drug-likeness (QED) is 0.0493. The third kappa shape index (κ3) is 29.8. The highest BCUT2D eigenvalue weighted by Gasteiger charge is 2.10. The highest BCUT2D eigenvalue weighted by Crippen LogP contribution is 2.18. The Bertz CT molecular complexity index is 739. The molecule has 0 aliphatic rings. The third-order valence-corrected chi connectivity index (χ3v) is 10.8. The molecule has 0 aliphatic heterocycles. The summed E-state index contributed by atoms with van der Waals surface area (Å²) in [6.07, 6.45) is 57.8. The van der Waals surface area contributed by atoms with Gasteiger partial charge in [-0.25, -0.2) is 4.57 Å². The van der Waals surface area contributed by atoms with E-state index in [0.29, 0.717) is 0 Å². The van der Waals surface area contributed by atoms with Crippen LogP contribution in [0.25, 0.3) is 0 Å². The first-order valence-electron chi connectivity index (χ1n) is 22.3. The van der Waals surface area contributed by atoms with Crippen molar-refractivity contribution in [2.24, 2.45) is 0 Å². The van der Waals surface area contributed by atoms with E-state index in [-0.39, 0.29) is 0 Å². The molecule has 0 fully saturated rings. The number of aryl methyl sites for hydroxylation is 3. The minimum Gasteiger partial charge on any atom is -0.205 e. The van der Waals surface area contributed by atoms with Gasteiger partial charge in [0, 0.05) is 18.1 Å². The van der Waals surface area contributed by atoms with Gasteiger partial charge in [0.15, 0.2) is 12.4 Å². The van der Waals surface area contributed by atoms with Gasteiger partial charge in [-0.05, 0) is 37.7 Å². The van der Waals surface area contributed by atoms with Crippen LogP contribution in [0.1, 0.15) is 257 Å². The van der Waals surface area contributed by atoms with Crippen molar-refractivity contribution in [3.63, 3.8) is 0 Å². The second-order valence-electron chi connectivity index (χ2n) is 15.5. The molecular formula is C46H88N+. The van der Waals surface area contributed by atoms with Gasteiger partial charge >= 0.3 is 0 Å². The van der Waals surface area contributed by atoms with Crippen LogP contribution in [-0.2, 0) is 19.4 Å². The van der Waals surface area contributed by atoms with Gasteiger partial charge in [0.1, 0.15) is 6.54 Å². The lowest BCUT2D eigenvalue weighted by molar-refractivity contribution is -0.697. The molecular weight excluding hydrogens is 567 g/mol. The van der Waals surface area contributed by atoms with E-state index in [1.807, 2.05) is 0 Å². The second-order valence-corrected chi connectivity index (χ2v) is 15.5. The van der Waals surface area contributed by atoms with Crippen LogP contribution in [0.2, 0.25) is 0 Å². The third-order valence-electron chi connectivity index (χ3n) is 10.8. The minimum absolute atomic E-state index is 1.21. The molecule has 0 aromatic carbocycles. The molecule has 276 valence electrons. The molecule has 1 aromatic heterocycles. The molecule has 0 saturated heterocycles. The first kappa shape index (κ1) is 44.2. The first-order chi connectivity index (χ1) is 23.3. The maximum atomic E-state index is 2.56. The fraction of sp³-hybridized carbons (Fsp3) is 0.891. The predicted molar refractivity (Wildman–Crippen MR) is 213 cm³/mol. The fourth-order valence-electron chi connectivity index (χ4n) is 7.50. The highest BCUT2D eigenvalue weighted by atomic mass is 14.9. The van der Waals surface area contributed by atoms with Crippen molar-refractivity contribution in [2.45, 2.75) is 265 Å². The van der Waals surface area contributed by atoms with Crippen molar-refractivity contribution in [3.05, 3.63) is 29.6 Å². The molecule has 0 spiro atoms.